The van der Waals surface area contributed by atoms with E-state index in [2.05, 4.69) is 55.6 Å². The van der Waals surface area contributed by atoms with Crippen molar-refractivity contribution >= 4 is 5.91 Å². The van der Waals surface area contributed by atoms with Crippen molar-refractivity contribution in [2.75, 3.05) is 26.4 Å². The Morgan fingerprint density at radius 1 is 0.383 bits per heavy atom. The molecule has 0 aliphatic carbocycles. The number of ether oxygens (including phenoxy) is 6. The molecule has 12 N–H and O–H groups in total. The van der Waals surface area contributed by atoms with Gasteiger partial charge in [-0.25, -0.2) is 0 Å². The smallest absolute Gasteiger partial charge is 0.220 e. The molecule has 0 radical (unpaired) electrons. The molecule has 94 heavy (non-hydrogen) atoms. The van der Waals surface area contributed by atoms with Crippen LogP contribution in [0.2, 0.25) is 0 Å². The number of hydrogen-bond acceptors (Lipinski definition) is 18. The lowest BCUT2D eigenvalue weighted by Crippen LogP contribution is -2.66. The topological polar surface area (TPSA) is 307 Å². The molecular formula is C75H139NO18. The lowest BCUT2D eigenvalue weighted by Gasteiger charge is -2.48. The standard InChI is InChI=1S/C75H139NO18/c1-3-5-7-9-11-13-15-16-17-18-19-20-21-22-23-24-25-26-27-28-29-30-31-32-33-34-35-36-37-38-39-40-41-42-43-45-47-49-51-53-63(81)76-58(59(80)52-50-48-46-44-14-12-10-8-6-4-2)57-89-73-69(87)66(84)71(61(55-78)91-73)94-75-70(88)67(85)72(62(56-79)92-75)93-74-68(86)65(83)64(82)60(54-77)90-74/h15-16,18-19,21-22,58-62,64-75,77-80,82-88H,3-14,17,20,23-57H2,1-2H3,(H,76,81)/b16-15-,19-18-,22-21-. The summed E-state index contributed by atoms with van der Waals surface area (Å²) in [4.78, 5) is 13.4. The molecule has 3 saturated heterocycles. The second kappa shape index (κ2) is 56.7. The maximum Gasteiger partial charge on any atom is 0.220 e. The number of amides is 1. The Morgan fingerprint density at radius 2 is 0.702 bits per heavy atom. The molecule has 3 aliphatic rings. The molecule has 552 valence electrons. The number of allylic oxidation sites excluding steroid dienone is 6. The summed E-state index contributed by atoms with van der Waals surface area (Å²) < 4.78 is 34.4. The molecule has 0 bridgehead atoms. The second-order valence-corrected chi connectivity index (χ2v) is 27.5. The molecule has 0 spiro atoms. The summed E-state index contributed by atoms with van der Waals surface area (Å²) in [6, 6.07) is -0.883. The molecule has 1 amide bonds. The van der Waals surface area contributed by atoms with Gasteiger partial charge in [0.05, 0.1) is 38.6 Å². The quantitative estimate of drug-likeness (QED) is 0.0199. The van der Waals surface area contributed by atoms with Gasteiger partial charge >= 0.3 is 0 Å². The molecule has 19 heteroatoms. The van der Waals surface area contributed by atoms with Crippen LogP contribution >= 0.6 is 0 Å². The first-order valence-electron chi connectivity index (χ1n) is 38.2. The summed E-state index contributed by atoms with van der Waals surface area (Å²) in [6.45, 7) is 1.78. The van der Waals surface area contributed by atoms with E-state index in [1.54, 1.807) is 0 Å². The number of unbranched alkanes of at least 4 members (excludes halogenated alkanes) is 38. The fraction of sp³-hybridized carbons (Fsp3) is 0.907. The molecule has 0 aromatic heterocycles. The zero-order valence-corrected chi connectivity index (χ0v) is 58.7. The minimum Gasteiger partial charge on any atom is -0.394 e. The third kappa shape index (κ3) is 37.4. The molecule has 3 aliphatic heterocycles. The molecule has 17 unspecified atom stereocenters. The van der Waals surface area contributed by atoms with Gasteiger partial charge in [-0.3, -0.25) is 4.79 Å². The fourth-order valence-corrected chi connectivity index (χ4v) is 13.0. The van der Waals surface area contributed by atoms with Crippen LogP contribution in [0.3, 0.4) is 0 Å². The summed E-state index contributed by atoms with van der Waals surface area (Å²) >= 11 is 0. The van der Waals surface area contributed by atoms with Crippen LogP contribution in [-0.2, 0) is 33.2 Å². The van der Waals surface area contributed by atoms with Crippen LogP contribution in [0.5, 0.6) is 0 Å². The van der Waals surface area contributed by atoms with E-state index >= 15 is 0 Å². The fourth-order valence-electron chi connectivity index (χ4n) is 13.0. The van der Waals surface area contributed by atoms with Crippen LogP contribution in [0.4, 0.5) is 0 Å². The number of nitrogens with one attached hydrogen (secondary N) is 1. The minimum absolute atomic E-state index is 0.240. The molecule has 17 atom stereocenters. The second-order valence-electron chi connectivity index (χ2n) is 27.5. The van der Waals surface area contributed by atoms with E-state index in [-0.39, 0.29) is 18.9 Å². The minimum atomic E-state index is -1.97. The summed E-state index contributed by atoms with van der Waals surface area (Å²) in [5.74, 6) is -0.240. The molecule has 0 aromatic rings. The Morgan fingerprint density at radius 3 is 1.10 bits per heavy atom. The monoisotopic (exact) mass is 1340 g/mol. The Hall–Kier alpha value is -1.99. The van der Waals surface area contributed by atoms with Crippen LogP contribution in [-0.4, -0.2) is 193 Å². The lowest BCUT2D eigenvalue weighted by atomic mass is 9.96. The van der Waals surface area contributed by atoms with Crippen LogP contribution in [0.25, 0.3) is 0 Å². The summed E-state index contributed by atoms with van der Waals surface area (Å²) in [5, 5.41) is 120. The van der Waals surface area contributed by atoms with Gasteiger partial charge in [-0.1, -0.05) is 281 Å². The predicted molar refractivity (Wildman–Crippen MR) is 369 cm³/mol. The molecule has 0 saturated carbocycles. The summed E-state index contributed by atoms with van der Waals surface area (Å²) in [6.07, 6.45) is 41.4. The zero-order valence-electron chi connectivity index (χ0n) is 58.7. The van der Waals surface area contributed by atoms with Gasteiger partial charge in [0.1, 0.15) is 73.2 Å². The predicted octanol–water partition coefficient (Wildman–Crippen LogP) is 11.6. The number of carbonyl (C=O) groups is 1. The van der Waals surface area contributed by atoms with Crippen LogP contribution in [0.1, 0.15) is 303 Å². The van der Waals surface area contributed by atoms with Crippen molar-refractivity contribution in [1.29, 1.82) is 0 Å². The molecular weight excluding hydrogens is 1200 g/mol. The van der Waals surface area contributed by atoms with Crippen molar-refractivity contribution in [2.24, 2.45) is 0 Å². The van der Waals surface area contributed by atoms with E-state index in [0.717, 1.165) is 57.8 Å². The molecule has 3 heterocycles. The van der Waals surface area contributed by atoms with E-state index in [0.29, 0.717) is 12.8 Å². The van der Waals surface area contributed by atoms with Crippen molar-refractivity contribution in [3.05, 3.63) is 36.5 Å². The van der Waals surface area contributed by atoms with Crippen LogP contribution in [0.15, 0.2) is 36.5 Å². The third-order valence-corrected chi connectivity index (χ3v) is 19.2. The number of hydrogen-bond donors (Lipinski definition) is 12. The average molecular weight is 1340 g/mol. The van der Waals surface area contributed by atoms with Crippen LogP contribution < -0.4 is 5.32 Å². The Kier molecular flexibility index (Phi) is 52.0. The van der Waals surface area contributed by atoms with Crippen molar-refractivity contribution in [3.8, 4) is 0 Å². The first-order valence-corrected chi connectivity index (χ1v) is 38.2. The van der Waals surface area contributed by atoms with Gasteiger partial charge in [0, 0.05) is 6.42 Å². The zero-order chi connectivity index (χ0) is 68.2. The largest absolute Gasteiger partial charge is 0.394 e. The van der Waals surface area contributed by atoms with Gasteiger partial charge in [-0.2, -0.15) is 0 Å². The highest BCUT2D eigenvalue weighted by molar-refractivity contribution is 5.76. The summed E-state index contributed by atoms with van der Waals surface area (Å²) in [7, 11) is 0. The van der Waals surface area contributed by atoms with Crippen LogP contribution in [0, 0.1) is 0 Å². The molecule has 19 nitrogen and oxygen atoms in total. The number of rotatable bonds is 60. The first-order chi connectivity index (χ1) is 45.8. The number of aliphatic hydroxyl groups excluding tert-OH is 11. The van der Waals surface area contributed by atoms with E-state index in [9.17, 15) is 61.0 Å². The Labute approximate surface area is 568 Å². The highest BCUT2D eigenvalue weighted by Gasteiger charge is 2.53. The average Bonchev–Trinajstić information content (AvgIpc) is 0.788. The Bertz CT molecular complexity index is 1840. The molecule has 0 aromatic carbocycles. The van der Waals surface area contributed by atoms with Gasteiger partial charge in [0.25, 0.3) is 0 Å². The van der Waals surface area contributed by atoms with Crippen molar-refractivity contribution in [3.63, 3.8) is 0 Å². The maximum atomic E-state index is 13.4. The highest BCUT2D eigenvalue weighted by Crippen LogP contribution is 2.33. The third-order valence-electron chi connectivity index (χ3n) is 19.2. The lowest BCUT2D eigenvalue weighted by molar-refractivity contribution is -0.379. The molecule has 3 fully saturated rings. The van der Waals surface area contributed by atoms with E-state index in [1.165, 1.54) is 212 Å². The van der Waals surface area contributed by atoms with E-state index < -0.39 is 124 Å². The van der Waals surface area contributed by atoms with E-state index in [4.69, 9.17) is 28.4 Å². The highest BCUT2D eigenvalue weighted by atomic mass is 16.8. The van der Waals surface area contributed by atoms with Gasteiger partial charge in [-0.05, 0) is 51.4 Å². The van der Waals surface area contributed by atoms with E-state index in [1.807, 2.05) is 0 Å². The van der Waals surface area contributed by atoms with Gasteiger partial charge in [-0.15, -0.1) is 0 Å². The van der Waals surface area contributed by atoms with Crippen molar-refractivity contribution in [1.82, 2.24) is 5.32 Å². The van der Waals surface area contributed by atoms with Crippen molar-refractivity contribution in [2.45, 2.75) is 407 Å². The van der Waals surface area contributed by atoms with Gasteiger partial charge in [0.2, 0.25) is 5.91 Å². The van der Waals surface area contributed by atoms with Crippen molar-refractivity contribution < 1.29 is 89.4 Å². The SMILES string of the molecule is CCCCCCC/C=C\C/C=C\C/C=C\CCCCCCCCCCCCCCCCCCCCCCCCCCC(=O)NC(COC1OC(CO)C(OC2OC(CO)C(OC3OC(CO)C(O)C(O)C3O)C(O)C2O)C(O)C1O)C(O)CCCCCCCCCCCC. The number of carbonyl (C=O) groups excluding carboxylic acids is 1. The normalized spacial score (nSPS) is 27.5. The Balaban J connectivity index is 1.26. The van der Waals surface area contributed by atoms with Gasteiger partial charge < -0.3 is 89.9 Å². The number of aliphatic hydroxyl groups is 11. The molecule has 3 rings (SSSR count). The first kappa shape index (κ1) is 86.2. The van der Waals surface area contributed by atoms with Gasteiger partial charge in [0.15, 0.2) is 18.9 Å². The summed E-state index contributed by atoms with van der Waals surface area (Å²) in [5.41, 5.74) is 0. The maximum absolute atomic E-state index is 13.4.